The van der Waals surface area contributed by atoms with Gasteiger partial charge in [-0.25, -0.2) is 4.79 Å². The molecule has 0 aromatic rings. The van der Waals surface area contributed by atoms with Crippen molar-refractivity contribution in [3.05, 3.63) is 0 Å². The summed E-state index contributed by atoms with van der Waals surface area (Å²) in [6, 6.07) is -0.740. The first-order valence-electron chi connectivity index (χ1n) is 10.5. The van der Waals surface area contributed by atoms with Crippen LogP contribution in [0.1, 0.15) is 74.7 Å². The Hall–Kier alpha value is -1.44. The van der Waals surface area contributed by atoms with Crippen molar-refractivity contribution in [2.75, 3.05) is 13.2 Å². The molecule has 0 aromatic carbocycles. The van der Waals surface area contributed by atoms with Crippen LogP contribution in [0.15, 0.2) is 0 Å². The summed E-state index contributed by atoms with van der Waals surface area (Å²) in [6.45, 7) is 14.0. The van der Waals surface area contributed by atoms with Crippen LogP contribution in [0, 0.1) is 5.92 Å². The second-order valence-electron chi connectivity index (χ2n) is 8.12. The lowest BCUT2D eigenvalue weighted by molar-refractivity contribution is -0.130. The fourth-order valence-corrected chi connectivity index (χ4v) is 4.16. The molecule has 0 heterocycles. The highest BCUT2D eigenvalue weighted by Gasteiger charge is 2.34. The van der Waals surface area contributed by atoms with Crippen LogP contribution in [0.3, 0.4) is 0 Å². The SMILES string of the molecule is CCC[C@H](NC(=O)OC(C)(C)C)C(=O)C[C@@H](C)C(=O)NC(C)P(=O)(OCC)OCC. The molecule has 1 unspecified atom stereocenters. The van der Waals surface area contributed by atoms with Crippen molar-refractivity contribution < 1.29 is 32.7 Å². The van der Waals surface area contributed by atoms with E-state index in [-0.39, 0.29) is 25.4 Å². The van der Waals surface area contributed by atoms with E-state index in [4.69, 9.17) is 13.8 Å². The minimum Gasteiger partial charge on any atom is -0.444 e. The minimum absolute atomic E-state index is 0.0768. The van der Waals surface area contributed by atoms with E-state index in [0.717, 1.165) is 0 Å². The first-order chi connectivity index (χ1) is 13.8. The van der Waals surface area contributed by atoms with E-state index in [1.807, 2.05) is 6.92 Å². The third-order valence-corrected chi connectivity index (χ3v) is 6.37. The van der Waals surface area contributed by atoms with Gasteiger partial charge in [-0.3, -0.25) is 14.2 Å². The summed E-state index contributed by atoms with van der Waals surface area (Å²) in [6.07, 6.45) is 0.365. The van der Waals surface area contributed by atoms with Crippen LogP contribution in [0.2, 0.25) is 0 Å². The molecule has 0 radical (unpaired) electrons. The summed E-state index contributed by atoms with van der Waals surface area (Å²) < 4.78 is 28.4. The lowest BCUT2D eigenvalue weighted by Crippen LogP contribution is -2.45. The lowest BCUT2D eigenvalue weighted by Gasteiger charge is -2.26. The average molecular weight is 451 g/mol. The number of amides is 2. The van der Waals surface area contributed by atoms with Crippen LogP contribution in [0.4, 0.5) is 4.79 Å². The van der Waals surface area contributed by atoms with E-state index in [2.05, 4.69) is 10.6 Å². The number of hydrogen-bond donors (Lipinski definition) is 2. The van der Waals surface area contributed by atoms with Crippen molar-refractivity contribution in [3.63, 3.8) is 0 Å². The maximum Gasteiger partial charge on any atom is 0.408 e. The molecule has 30 heavy (non-hydrogen) atoms. The van der Waals surface area contributed by atoms with Gasteiger partial charge < -0.3 is 24.4 Å². The molecule has 2 amide bonds. The van der Waals surface area contributed by atoms with Crippen LogP contribution in [0.5, 0.6) is 0 Å². The normalized spacial score (nSPS) is 15.1. The molecule has 0 bridgehead atoms. The molecule has 0 saturated heterocycles. The standard InChI is InChI=1S/C20H39N2O7P/c1-9-12-16(22-19(25)29-20(6,7)8)17(23)13-14(4)18(24)21-15(5)30(26,27-10-2)28-11-3/h14-16H,9-13H2,1-8H3,(H,21,24)(H,22,25)/t14-,15?,16+/m1/s1. The van der Waals surface area contributed by atoms with Gasteiger partial charge in [0.1, 0.15) is 11.4 Å². The summed E-state index contributed by atoms with van der Waals surface area (Å²) in [7, 11) is -3.50. The van der Waals surface area contributed by atoms with Crippen molar-refractivity contribution in [2.45, 2.75) is 92.1 Å². The first kappa shape index (κ1) is 28.6. The highest BCUT2D eigenvalue weighted by Crippen LogP contribution is 2.51. The van der Waals surface area contributed by atoms with Gasteiger partial charge in [-0.15, -0.1) is 0 Å². The molecule has 0 aromatic heterocycles. The Morgan fingerprint density at radius 1 is 0.967 bits per heavy atom. The van der Waals surface area contributed by atoms with Crippen LogP contribution in [0.25, 0.3) is 0 Å². The number of rotatable bonds is 13. The van der Waals surface area contributed by atoms with Gasteiger partial charge in [0, 0.05) is 12.3 Å². The number of alkyl carbamates (subject to hydrolysis) is 1. The predicted molar refractivity (Wildman–Crippen MR) is 115 cm³/mol. The monoisotopic (exact) mass is 450 g/mol. The minimum atomic E-state index is -3.50. The molecular formula is C20H39N2O7P. The average Bonchev–Trinajstić information content (AvgIpc) is 2.59. The molecule has 0 aliphatic rings. The summed E-state index contributed by atoms with van der Waals surface area (Å²) in [4.78, 5) is 37.2. The first-order valence-corrected chi connectivity index (χ1v) is 12.1. The zero-order valence-electron chi connectivity index (χ0n) is 19.6. The van der Waals surface area contributed by atoms with Gasteiger partial charge in [-0.2, -0.15) is 0 Å². The topological polar surface area (TPSA) is 120 Å². The zero-order valence-corrected chi connectivity index (χ0v) is 20.5. The molecule has 2 N–H and O–H groups in total. The number of ketones is 1. The largest absolute Gasteiger partial charge is 0.444 e. The fourth-order valence-electron chi connectivity index (χ4n) is 2.64. The molecule has 3 atom stereocenters. The number of hydrogen-bond acceptors (Lipinski definition) is 7. The quantitative estimate of drug-likeness (QED) is 0.407. The van der Waals surface area contributed by atoms with Crippen molar-refractivity contribution in [1.82, 2.24) is 10.6 Å². The number of Topliss-reactive ketones (excluding diaryl/α,β-unsaturated/α-hetero) is 1. The van der Waals surface area contributed by atoms with Crippen molar-refractivity contribution >= 4 is 25.4 Å². The van der Waals surface area contributed by atoms with Gasteiger partial charge in [-0.05, 0) is 48.0 Å². The smallest absolute Gasteiger partial charge is 0.408 e. The fraction of sp³-hybridized carbons (Fsp3) is 0.850. The third kappa shape index (κ3) is 10.5. The van der Waals surface area contributed by atoms with Gasteiger partial charge >= 0.3 is 13.7 Å². The highest BCUT2D eigenvalue weighted by atomic mass is 31.2. The van der Waals surface area contributed by atoms with Crippen LogP contribution < -0.4 is 10.6 Å². The molecule has 0 aliphatic heterocycles. The molecular weight excluding hydrogens is 411 g/mol. The summed E-state index contributed by atoms with van der Waals surface area (Å²) in [5, 5.41) is 5.21. The third-order valence-electron chi connectivity index (χ3n) is 4.06. The van der Waals surface area contributed by atoms with E-state index in [1.54, 1.807) is 48.5 Å². The van der Waals surface area contributed by atoms with Gasteiger partial charge in [0.2, 0.25) is 5.91 Å². The summed E-state index contributed by atoms with van der Waals surface area (Å²) in [5.74, 6) is -2.25. The predicted octanol–water partition coefficient (Wildman–Crippen LogP) is 4.00. The Morgan fingerprint density at radius 2 is 1.50 bits per heavy atom. The van der Waals surface area contributed by atoms with Gasteiger partial charge in [0.25, 0.3) is 0 Å². The second kappa shape index (κ2) is 13.1. The molecule has 0 aliphatic carbocycles. The van der Waals surface area contributed by atoms with Gasteiger partial charge in [0.15, 0.2) is 5.78 Å². The van der Waals surface area contributed by atoms with Crippen LogP contribution in [-0.2, 0) is 27.9 Å². The number of nitrogens with one attached hydrogen (secondary N) is 2. The molecule has 0 fully saturated rings. The Bertz CT molecular complexity index is 609. The molecule has 176 valence electrons. The molecule has 10 heteroatoms. The van der Waals surface area contributed by atoms with Crippen molar-refractivity contribution in [2.24, 2.45) is 5.92 Å². The Labute approximate surface area is 180 Å². The van der Waals surface area contributed by atoms with Crippen LogP contribution in [-0.4, -0.2) is 48.4 Å². The molecule has 0 rings (SSSR count). The Morgan fingerprint density at radius 3 is 1.93 bits per heavy atom. The van der Waals surface area contributed by atoms with Crippen molar-refractivity contribution in [1.29, 1.82) is 0 Å². The van der Waals surface area contributed by atoms with E-state index < -0.39 is 42.9 Å². The Balaban J connectivity index is 4.98. The van der Waals surface area contributed by atoms with E-state index >= 15 is 0 Å². The Kier molecular flexibility index (Phi) is 12.4. The highest BCUT2D eigenvalue weighted by molar-refractivity contribution is 7.54. The maximum absolute atomic E-state index is 12.7. The van der Waals surface area contributed by atoms with E-state index in [0.29, 0.717) is 12.8 Å². The van der Waals surface area contributed by atoms with Gasteiger partial charge in [0.05, 0.1) is 19.3 Å². The number of carbonyl (C=O) groups is 3. The van der Waals surface area contributed by atoms with Crippen LogP contribution >= 0.6 is 7.60 Å². The van der Waals surface area contributed by atoms with E-state index in [9.17, 15) is 18.9 Å². The second-order valence-corrected chi connectivity index (χ2v) is 10.5. The summed E-state index contributed by atoms with van der Waals surface area (Å²) in [5.41, 5.74) is -0.678. The van der Waals surface area contributed by atoms with Gasteiger partial charge in [-0.1, -0.05) is 20.3 Å². The lowest BCUT2D eigenvalue weighted by atomic mass is 9.97. The molecule has 0 spiro atoms. The number of carbonyl (C=O) groups excluding carboxylic acids is 3. The zero-order chi connectivity index (χ0) is 23.5. The molecule has 0 saturated carbocycles. The number of ether oxygens (including phenoxy) is 1. The maximum atomic E-state index is 12.7. The van der Waals surface area contributed by atoms with E-state index in [1.165, 1.54) is 0 Å². The molecule has 9 nitrogen and oxygen atoms in total. The van der Waals surface area contributed by atoms with Crippen molar-refractivity contribution in [3.8, 4) is 0 Å². The summed E-state index contributed by atoms with van der Waals surface area (Å²) >= 11 is 0.